The van der Waals surface area contributed by atoms with Crippen LogP contribution in [0.1, 0.15) is 0 Å². The second-order valence-electron chi connectivity index (χ2n) is 3.05. The van der Waals surface area contributed by atoms with Crippen molar-refractivity contribution in [3.8, 4) is 0 Å². The van der Waals surface area contributed by atoms with Crippen molar-refractivity contribution in [2.24, 2.45) is 0 Å². The van der Waals surface area contributed by atoms with E-state index < -0.39 is 10.1 Å². The summed E-state index contributed by atoms with van der Waals surface area (Å²) >= 11 is 0. The quantitative estimate of drug-likeness (QED) is 0.438. The fourth-order valence-electron chi connectivity index (χ4n) is 1.04. The molecule has 2 aromatic rings. The molecular formula is C13H13NNaO3S+. The second kappa shape index (κ2) is 9.75. The van der Waals surface area contributed by atoms with E-state index in [1.165, 1.54) is 12.1 Å². The van der Waals surface area contributed by atoms with Crippen LogP contribution in [0.15, 0.2) is 78.7 Å². The predicted molar refractivity (Wildman–Crippen MR) is 69.1 cm³/mol. The summed E-state index contributed by atoms with van der Waals surface area (Å²) in [7, 11) is -3.63. The zero-order valence-electron chi connectivity index (χ0n) is 10.6. The van der Waals surface area contributed by atoms with E-state index in [2.05, 4.69) is 15.7 Å². The molecular weight excluding hydrogens is 273 g/mol. The van der Waals surface area contributed by atoms with Crippen molar-refractivity contribution in [1.82, 2.24) is 4.98 Å². The normalized spacial score (nSPS) is 9.26. The molecule has 0 unspecified atom stereocenters. The standard InChI is InChI=1S/C8H8O3S.C5H5N.Na/c1-2-11-12(9,10)8-6-4-3-5-7-8;1-2-4-6-5-3-1;/h2-7H,1H2;1-5H;/q;;+1. The number of aromatic nitrogens is 1. The monoisotopic (exact) mass is 286 g/mol. The summed E-state index contributed by atoms with van der Waals surface area (Å²) in [6, 6.07) is 13.6. The summed E-state index contributed by atoms with van der Waals surface area (Å²) in [4.78, 5) is 3.91. The van der Waals surface area contributed by atoms with Crippen LogP contribution in [0, 0.1) is 0 Å². The van der Waals surface area contributed by atoms with Crippen molar-refractivity contribution in [1.29, 1.82) is 0 Å². The van der Waals surface area contributed by atoms with E-state index in [9.17, 15) is 8.42 Å². The topological polar surface area (TPSA) is 56.3 Å². The third kappa shape index (κ3) is 7.12. The maximum atomic E-state index is 11.1. The molecule has 0 amide bonds. The zero-order valence-corrected chi connectivity index (χ0v) is 13.5. The van der Waals surface area contributed by atoms with Gasteiger partial charge in [-0.25, -0.2) is 0 Å². The van der Waals surface area contributed by atoms with Crippen molar-refractivity contribution in [2.75, 3.05) is 0 Å². The van der Waals surface area contributed by atoms with Crippen LogP contribution in [0.3, 0.4) is 0 Å². The number of nitrogens with zero attached hydrogens (tertiary/aromatic N) is 1. The molecule has 1 aromatic carbocycles. The molecule has 0 bridgehead atoms. The van der Waals surface area contributed by atoms with Gasteiger partial charge in [0.2, 0.25) is 0 Å². The molecule has 0 saturated carbocycles. The minimum Gasteiger partial charge on any atom is -0.388 e. The molecule has 1 aromatic heterocycles. The van der Waals surface area contributed by atoms with E-state index >= 15 is 0 Å². The Morgan fingerprint density at radius 1 is 1.00 bits per heavy atom. The Bertz CT molecular complexity index is 532. The summed E-state index contributed by atoms with van der Waals surface area (Å²) in [6.07, 6.45) is 4.39. The molecule has 0 aliphatic heterocycles. The number of hydrogen-bond donors (Lipinski definition) is 0. The van der Waals surface area contributed by atoms with Crippen molar-refractivity contribution in [2.45, 2.75) is 4.90 Å². The largest absolute Gasteiger partial charge is 1.00 e. The first-order valence-electron chi connectivity index (χ1n) is 5.11. The Labute approximate surface area is 135 Å². The molecule has 0 radical (unpaired) electrons. The second-order valence-corrected chi connectivity index (χ2v) is 4.63. The molecule has 0 aliphatic rings. The Kier molecular flexibility index (Phi) is 9.16. The van der Waals surface area contributed by atoms with Gasteiger partial charge in [-0.3, -0.25) is 4.98 Å². The van der Waals surface area contributed by atoms with E-state index in [1.807, 2.05) is 18.2 Å². The molecule has 94 valence electrons. The number of benzene rings is 1. The van der Waals surface area contributed by atoms with Gasteiger partial charge in [0.05, 0.1) is 6.26 Å². The Balaban J connectivity index is 0.000000392. The molecule has 4 nitrogen and oxygen atoms in total. The van der Waals surface area contributed by atoms with Gasteiger partial charge in [-0.15, -0.1) is 0 Å². The van der Waals surface area contributed by atoms with Gasteiger partial charge in [0.15, 0.2) is 0 Å². The van der Waals surface area contributed by atoms with Crippen LogP contribution < -0.4 is 29.6 Å². The molecule has 0 spiro atoms. The van der Waals surface area contributed by atoms with E-state index in [0.29, 0.717) is 0 Å². The van der Waals surface area contributed by atoms with Gasteiger partial charge >= 0.3 is 39.7 Å². The molecule has 0 saturated heterocycles. The number of rotatable bonds is 3. The van der Waals surface area contributed by atoms with Crippen molar-refractivity contribution < 1.29 is 42.2 Å². The molecule has 1 heterocycles. The van der Waals surface area contributed by atoms with Gasteiger partial charge in [-0.2, -0.15) is 8.42 Å². The van der Waals surface area contributed by atoms with E-state index in [0.717, 1.165) is 6.26 Å². The third-order valence-corrected chi connectivity index (χ3v) is 3.03. The van der Waals surface area contributed by atoms with Crippen LogP contribution in [0.5, 0.6) is 0 Å². The van der Waals surface area contributed by atoms with Crippen LogP contribution in [-0.4, -0.2) is 13.4 Å². The molecule has 19 heavy (non-hydrogen) atoms. The minimum absolute atomic E-state index is 0. The summed E-state index contributed by atoms with van der Waals surface area (Å²) in [5.41, 5.74) is 0. The average Bonchev–Trinajstić information content (AvgIpc) is 2.42. The van der Waals surface area contributed by atoms with Gasteiger partial charge in [0.25, 0.3) is 0 Å². The number of pyridine rings is 1. The van der Waals surface area contributed by atoms with Gasteiger partial charge in [-0.1, -0.05) is 30.8 Å². The molecule has 0 atom stereocenters. The fourth-order valence-corrected chi connectivity index (χ4v) is 1.83. The van der Waals surface area contributed by atoms with Crippen LogP contribution >= 0.6 is 0 Å². The smallest absolute Gasteiger partial charge is 0.388 e. The van der Waals surface area contributed by atoms with Crippen molar-refractivity contribution in [3.05, 3.63) is 73.8 Å². The van der Waals surface area contributed by atoms with E-state index in [4.69, 9.17) is 0 Å². The van der Waals surface area contributed by atoms with Gasteiger partial charge in [0.1, 0.15) is 4.90 Å². The summed E-state index contributed by atoms with van der Waals surface area (Å²) < 4.78 is 26.6. The first-order chi connectivity index (χ1) is 8.67. The van der Waals surface area contributed by atoms with Crippen LogP contribution in [0.25, 0.3) is 0 Å². The van der Waals surface area contributed by atoms with Crippen molar-refractivity contribution >= 4 is 10.1 Å². The molecule has 6 heteroatoms. The first kappa shape index (κ1) is 17.9. The maximum absolute atomic E-state index is 11.1. The summed E-state index contributed by atoms with van der Waals surface area (Å²) in [6.45, 7) is 3.17. The Morgan fingerprint density at radius 3 is 1.89 bits per heavy atom. The fraction of sp³-hybridized carbons (Fsp3) is 0. The average molecular weight is 286 g/mol. The first-order valence-corrected chi connectivity index (χ1v) is 6.52. The van der Waals surface area contributed by atoms with Crippen LogP contribution in [0.4, 0.5) is 0 Å². The predicted octanol–water partition coefficient (Wildman–Crippen LogP) is -0.379. The van der Waals surface area contributed by atoms with E-state index in [1.54, 1.807) is 30.6 Å². The minimum atomic E-state index is -3.63. The Hall–Kier alpha value is -1.14. The summed E-state index contributed by atoms with van der Waals surface area (Å²) in [5, 5.41) is 0. The SMILES string of the molecule is C=COS(=O)(=O)c1ccccc1.[Na+].c1ccncc1. The molecule has 0 fully saturated rings. The van der Waals surface area contributed by atoms with Crippen LogP contribution in [0.2, 0.25) is 0 Å². The maximum Gasteiger partial charge on any atom is 1.00 e. The van der Waals surface area contributed by atoms with Gasteiger partial charge < -0.3 is 4.18 Å². The van der Waals surface area contributed by atoms with Gasteiger partial charge in [0, 0.05) is 12.4 Å². The Morgan fingerprint density at radius 2 is 1.53 bits per heavy atom. The molecule has 2 rings (SSSR count). The molecule has 0 aliphatic carbocycles. The summed E-state index contributed by atoms with van der Waals surface area (Å²) in [5.74, 6) is 0. The van der Waals surface area contributed by atoms with E-state index in [-0.39, 0.29) is 34.5 Å². The third-order valence-electron chi connectivity index (χ3n) is 1.79. The van der Waals surface area contributed by atoms with Crippen LogP contribution in [-0.2, 0) is 14.3 Å². The zero-order chi connectivity index (χ0) is 13.3. The van der Waals surface area contributed by atoms with Gasteiger partial charge in [-0.05, 0) is 24.3 Å². The van der Waals surface area contributed by atoms with Crippen molar-refractivity contribution in [3.63, 3.8) is 0 Å². The molecule has 0 N–H and O–H groups in total. The number of hydrogen-bond acceptors (Lipinski definition) is 4.